The predicted octanol–water partition coefficient (Wildman–Crippen LogP) is 3.01. The molecule has 0 amide bonds. The quantitative estimate of drug-likeness (QED) is 0.798. The fourth-order valence-electron chi connectivity index (χ4n) is 2.04. The molecule has 0 aliphatic heterocycles. The van der Waals surface area contributed by atoms with Gasteiger partial charge in [-0.15, -0.1) is 11.3 Å². The number of hydrogen-bond acceptors (Lipinski definition) is 5. The smallest absolute Gasteiger partial charge is 0.203 e. The number of aryl methyl sites for hydroxylation is 2. The third kappa shape index (κ3) is 3.58. The Morgan fingerprint density at radius 3 is 2.80 bits per heavy atom. The van der Waals surface area contributed by atoms with Gasteiger partial charge in [0.1, 0.15) is 5.01 Å². The Kier molecular flexibility index (Phi) is 5.14. The molecular weight excluding hydrogens is 272 g/mol. The van der Waals surface area contributed by atoms with E-state index in [2.05, 4.69) is 38.4 Å². The summed E-state index contributed by atoms with van der Waals surface area (Å²) in [5.74, 6) is 0.902. The fourth-order valence-corrected chi connectivity index (χ4v) is 2.89. The number of aromatic nitrogens is 3. The molecule has 6 heteroatoms. The first-order valence-electron chi connectivity index (χ1n) is 6.82. The van der Waals surface area contributed by atoms with Gasteiger partial charge >= 0.3 is 0 Å². The molecule has 20 heavy (non-hydrogen) atoms. The van der Waals surface area contributed by atoms with Crippen LogP contribution in [0, 0.1) is 13.8 Å². The Labute approximate surface area is 124 Å². The number of methoxy groups -OCH3 is 1. The third-order valence-corrected chi connectivity index (χ3v) is 4.21. The summed E-state index contributed by atoms with van der Waals surface area (Å²) in [5, 5.41) is 6.57. The lowest BCUT2D eigenvalue weighted by molar-refractivity contribution is 0.197. The van der Waals surface area contributed by atoms with Gasteiger partial charge < -0.3 is 14.6 Å². The number of imidazole rings is 1. The van der Waals surface area contributed by atoms with Crippen molar-refractivity contribution in [3.8, 4) is 0 Å². The molecule has 0 bridgehead atoms. The lowest BCUT2D eigenvalue weighted by atomic mass is 10.3. The van der Waals surface area contributed by atoms with Crippen molar-refractivity contribution in [3.63, 3.8) is 0 Å². The highest BCUT2D eigenvalue weighted by molar-refractivity contribution is 7.09. The van der Waals surface area contributed by atoms with Gasteiger partial charge in [0.2, 0.25) is 5.95 Å². The fraction of sp³-hybridized carbons (Fsp3) is 0.571. The molecule has 0 aliphatic rings. The normalized spacial score (nSPS) is 12.6. The van der Waals surface area contributed by atoms with Crippen LogP contribution in [0.5, 0.6) is 0 Å². The first-order valence-corrected chi connectivity index (χ1v) is 7.70. The van der Waals surface area contributed by atoms with E-state index in [9.17, 15) is 0 Å². The molecule has 0 fully saturated rings. The van der Waals surface area contributed by atoms with Crippen molar-refractivity contribution < 1.29 is 4.74 Å². The summed E-state index contributed by atoms with van der Waals surface area (Å²) in [7, 11) is 1.72. The second-order valence-electron chi connectivity index (χ2n) is 4.89. The zero-order valence-corrected chi connectivity index (χ0v) is 13.3. The summed E-state index contributed by atoms with van der Waals surface area (Å²) in [6.07, 6.45) is 3.03. The number of nitrogens with zero attached hydrogens (tertiary/aromatic N) is 3. The molecule has 110 valence electrons. The van der Waals surface area contributed by atoms with Gasteiger partial charge in [-0.05, 0) is 27.2 Å². The minimum atomic E-state index is 0.194. The Balaban J connectivity index is 2.10. The number of anilines is 1. The second kappa shape index (κ2) is 6.85. The van der Waals surface area contributed by atoms with Crippen molar-refractivity contribution in [3.05, 3.63) is 28.0 Å². The van der Waals surface area contributed by atoms with E-state index in [1.165, 1.54) is 0 Å². The molecule has 2 aromatic heterocycles. The van der Waals surface area contributed by atoms with Crippen molar-refractivity contribution in [1.29, 1.82) is 0 Å². The van der Waals surface area contributed by atoms with Crippen molar-refractivity contribution in [2.45, 2.75) is 33.2 Å². The Bertz CT molecular complexity index is 549. The van der Waals surface area contributed by atoms with E-state index in [4.69, 9.17) is 4.74 Å². The van der Waals surface area contributed by atoms with E-state index < -0.39 is 0 Å². The lowest BCUT2D eigenvalue weighted by Crippen LogP contribution is -2.13. The van der Waals surface area contributed by atoms with Crippen LogP contribution in [0.2, 0.25) is 0 Å². The van der Waals surface area contributed by atoms with E-state index in [0.29, 0.717) is 0 Å². The highest BCUT2D eigenvalue weighted by atomic mass is 32.1. The molecule has 0 radical (unpaired) electrons. The van der Waals surface area contributed by atoms with Gasteiger partial charge in [0.15, 0.2) is 0 Å². The molecule has 2 heterocycles. The molecule has 0 aliphatic carbocycles. The minimum absolute atomic E-state index is 0.194. The number of hydrogen-bond donors (Lipinski definition) is 1. The summed E-state index contributed by atoms with van der Waals surface area (Å²) in [5.41, 5.74) is 2.09. The molecule has 2 aromatic rings. The van der Waals surface area contributed by atoms with Crippen LogP contribution >= 0.6 is 11.3 Å². The zero-order chi connectivity index (χ0) is 14.5. The number of thiazole rings is 1. The Hall–Kier alpha value is -1.40. The predicted molar refractivity (Wildman–Crippen MR) is 82.6 cm³/mol. The number of rotatable bonds is 7. The molecule has 1 atom stereocenters. The first-order chi connectivity index (χ1) is 9.61. The number of ether oxygens (including phenoxy) is 1. The maximum absolute atomic E-state index is 5.06. The molecule has 0 saturated heterocycles. The average molecular weight is 294 g/mol. The molecular formula is C14H22N4OS. The van der Waals surface area contributed by atoms with Crippen molar-refractivity contribution in [2.75, 3.05) is 25.6 Å². The Morgan fingerprint density at radius 1 is 1.35 bits per heavy atom. The largest absolute Gasteiger partial charge is 0.385 e. The van der Waals surface area contributed by atoms with Crippen molar-refractivity contribution >= 4 is 17.3 Å². The van der Waals surface area contributed by atoms with Crippen LogP contribution in [-0.4, -0.2) is 34.8 Å². The number of nitrogens with one attached hydrogen (secondary N) is 1. The highest BCUT2D eigenvalue weighted by Gasteiger charge is 2.16. The first kappa shape index (κ1) is 15.0. The lowest BCUT2D eigenvalue weighted by Gasteiger charge is -2.14. The maximum Gasteiger partial charge on any atom is 0.203 e. The summed E-state index contributed by atoms with van der Waals surface area (Å²) in [6.45, 7) is 7.80. The monoisotopic (exact) mass is 294 g/mol. The van der Waals surface area contributed by atoms with Gasteiger partial charge in [-0.1, -0.05) is 0 Å². The van der Waals surface area contributed by atoms with Gasteiger partial charge in [-0.25, -0.2) is 9.97 Å². The molecule has 1 N–H and O–H groups in total. The summed E-state index contributed by atoms with van der Waals surface area (Å²) in [4.78, 5) is 9.12. The SMILES string of the molecule is COCCCNc1nc(C)cn1C(C)c1nc(C)cs1. The average Bonchev–Trinajstić information content (AvgIpc) is 3.00. The third-order valence-electron chi connectivity index (χ3n) is 3.07. The van der Waals surface area contributed by atoms with Crippen LogP contribution in [0.3, 0.4) is 0 Å². The highest BCUT2D eigenvalue weighted by Crippen LogP contribution is 2.25. The topological polar surface area (TPSA) is 52.0 Å². The van der Waals surface area contributed by atoms with E-state index in [1.807, 2.05) is 13.8 Å². The zero-order valence-electron chi connectivity index (χ0n) is 12.5. The molecule has 0 saturated carbocycles. The van der Waals surface area contributed by atoms with Crippen LogP contribution in [0.15, 0.2) is 11.6 Å². The Morgan fingerprint density at radius 2 is 2.15 bits per heavy atom. The van der Waals surface area contributed by atoms with Crippen LogP contribution in [0.1, 0.15) is 35.8 Å². The van der Waals surface area contributed by atoms with Gasteiger partial charge in [0.05, 0.1) is 11.7 Å². The molecule has 2 rings (SSSR count). The van der Waals surface area contributed by atoms with Crippen molar-refractivity contribution in [2.24, 2.45) is 0 Å². The van der Waals surface area contributed by atoms with Gasteiger partial charge in [-0.3, -0.25) is 0 Å². The van der Waals surface area contributed by atoms with Gasteiger partial charge in [0, 0.05) is 37.5 Å². The van der Waals surface area contributed by atoms with E-state index in [-0.39, 0.29) is 6.04 Å². The summed E-state index contributed by atoms with van der Waals surface area (Å²) in [6, 6.07) is 0.194. The van der Waals surface area contributed by atoms with Gasteiger partial charge in [0.25, 0.3) is 0 Å². The maximum atomic E-state index is 5.06. The summed E-state index contributed by atoms with van der Waals surface area (Å²) >= 11 is 1.69. The molecule has 0 aromatic carbocycles. The standard InChI is InChI=1S/C14H22N4OS/c1-10-8-18(12(3)13-16-11(2)9-20-13)14(17-10)15-6-5-7-19-4/h8-9,12H,5-7H2,1-4H3,(H,15,17). The molecule has 0 spiro atoms. The summed E-state index contributed by atoms with van der Waals surface area (Å²) < 4.78 is 7.21. The minimum Gasteiger partial charge on any atom is -0.385 e. The van der Waals surface area contributed by atoms with Crippen LogP contribution < -0.4 is 5.32 Å². The second-order valence-corrected chi connectivity index (χ2v) is 5.78. The van der Waals surface area contributed by atoms with E-state index >= 15 is 0 Å². The van der Waals surface area contributed by atoms with E-state index in [0.717, 1.165) is 41.9 Å². The van der Waals surface area contributed by atoms with E-state index in [1.54, 1.807) is 18.4 Å². The molecule has 1 unspecified atom stereocenters. The van der Waals surface area contributed by atoms with Gasteiger partial charge in [-0.2, -0.15) is 0 Å². The van der Waals surface area contributed by atoms with Crippen LogP contribution in [-0.2, 0) is 4.74 Å². The molecule has 5 nitrogen and oxygen atoms in total. The van der Waals surface area contributed by atoms with Crippen molar-refractivity contribution in [1.82, 2.24) is 14.5 Å². The van der Waals surface area contributed by atoms with Crippen LogP contribution in [0.4, 0.5) is 5.95 Å². The van der Waals surface area contributed by atoms with Crippen LogP contribution in [0.25, 0.3) is 0 Å².